The summed E-state index contributed by atoms with van der Waals surface area (Å²) in [4.78, 5) is 77.0. The molecule has 1 aromatic carbocycles. The van der Waals surface area contributed by atoms with Crippen LogP contribution < -0.4 is 10.1 Å². The summed E-state index contributed by atoms with van der Waals surface area (Å²) in [5, 5.41) is 11.6. The molecule has 3 heterocycles. The van der Waals surface area contributed by atoms with Gasteiger partial charge in [-0.2, -0.15) is 0 Å². The lowest BCUT2D eigenvalue weighted by atomic mass is 9.95. The highest BCUT2D eigenvalue weighted by Gasteiger charge is 2.51. The van der Waals surface area contributed by atoms with Gasteiger partial charge in [-0.15, -0.1) is 10.2 Å². The third kappa shape index (κ3) is 9.55. The first-order chi connectivity index (χ1) is 22.4. The zero-order valence-corrected chi connectivity index (χ0v) is 26.4. The van der Waals surface area contributed by atoms with Gasteiger partial charge in [0.25, 0.3) is 11.8 Å². The SMILES string of the molecule is COc1cccc(-c2cn(CC3O[C@H](OCCCCC(=O)ON4C(=O)CCC4=O)C(NC(C)=O)[C@@H](OC(C)=O)[C@H]3OC(C)=O)nn2)c1. The Morgan fingerprint density at radius 3 is 2.36 bits per heavy atom. The van der Waals surface area contributed by atoms with Crippen LogP contribution in [0.1, 0.15) is 52.9 Å². The number of benzene rings is 1. The van der Waals surface area contributed by atoms with Gasteiger partial charge >= 0.3 is 17.9 Å². The summed E-state index contributed by atoms with van der Waals surface area (Å²) < 4.78 is 30.1. The van der Waals surface area contributed by atoms with Gasteiger partial charge in [-0.3, -0.25) is 24.0 Å². The highest BCUT2D eigenvalue weighted by atomic mass is 16.7. The van der Waals surface area contributed by atoms with E-state index in [1.807, 2.05) is 6.07 Å². The molecule has 0 saturated carbocycles. The Bertz CT molecular complexity index is 1460. The number of imide groups is 1. The van der Waals surface area contributed by atoms with Crippen LogP contribution in [0.5, 0.6) is 5.75 Å². The molecule has 3 amide bonds. The van der Waals surface area contributed by atoms with Crippen molar-refractivity contribution in [2.75, 3.05) is 13.7 Å². The number of carbonyl (C=O) groups is 6. The second-order valence-corrected chi connectivity index (χ2v) is 10.8. The number of carbonyl (C=O) groups excluding carboxylic acids is 6. The number of unbranched alkanes of at least 4 members (excludes halogenated alkanes) is 1. The Balaban J connectivity index is 1.48. The largest absolute Gasteiger partial charge is 0.497 e. The summed E-state index contributed by atoms with van der Waals surface area (Å²) in [5.41, 5.74) is 1.27. The maximum atomic E-state index is 12.2. The molecule has 0 radical (unpaired) electrons. The van der Waals surface area contributed by atoms with Crippen molar-refractivity contribution in [1.82, 2.24) is 25.4 Å². The van der Waals surface area contributed by atoms with Gasteiger partial charge in [-0.05, 0) is 25.0 Å². The molecule has 47 heavy (non-hydrogen) atoms. The molecule has 4 rings (SSSR count). The van der Waals surface area contributed by atoms with Crippen molar-refractivity contribution in [3.05, 3.63) is 30.5 Å². The van der Waals surface area contributed by atoms with Crippen LogP contribution in [-0.4, -0.2) is 100 Å². The van der Waals surface area contributed by atoms with E-state index in [-0.39, 0.29) is 38.8 Å². The number of nitrogens with one attached hydrogen (secondary N) is 1. The summed E-state index contributed by atoms with van der Waals surface area (Å²) in [6.45, 7) is 3.63. The third-order valence-corrected chi connectivity index (χ3v) is 7.15. The molecule has 2 fully saturated rings. The third-order valence-electron chi connectivity index (χ3n) is 7.15. The molecule has 2 aromatic rings. The number of aromatic nitrogens is 3. The summed E-state index contributed by atoms with van der Waals surface area (Å²) in [6.07, 6.45) is -2.44. The highest BCUT2D eigenvalue weighted by molar-refractivity contribution is 6.01. The minimum Gasteiger partial charge on any atom is -0.497 e. The number of rotatable bonds is 14. The van der Waals surface area contributed by atoms with Gasteiger partial charge in [0.2, 0.25) is 5.91 Å². The minimum absolute atomic E-state index is 0.00915. The van der Waals surface area contributed by atoms with Crippen molar-refractivity contribution >= 4 is 35.6 Å². The van der Waals surface area contributed by atoms with E-state index in [0.29, 0.717) is 22.9 Å². The van der Waals surface area contributed by atoms with E-state index in [4.69, 9.17) is 28.5 Å². The number of esters is 2. The standard InChI is InChI=1S/C30H37N5O12/c1-17(36)31-27-29(45-19(3)38)28(44-18(2)37)23(16-34-15-22(32-33-34)20-8-7-9-21(14-20)42-4)46-30(27)43-13-6-5-10-26(41)47-35-24(39)11-12-25(35)40/h7-9,14-15,23,27-30H,5-6,10-13,16H2,1-4H3,(H,31,36)/t23?,27?,28-,29+,30-/m0/s1. The second kappa shape index (κ2) is 16.1. The predicted molar refractivity (Wildman–Crippen MR) is 156 cm³/mol. The van der Waals surface area contributed by atoms with Crippen molar-refractivity contribution in [3.8, 4) is 17.0 Å². The fraction of sp³-hybridized carbons (Fsp3) is 0.533. The molecule has 2 aliphatic rings. The van der Waals surface area contributed by atoms with Gasteiger partial charge in [0.15, 0.2) is 18.5 Å². The number of amides is 3. The predicted octanol–water partition coefficient (Wildman–Crippen LogP) is 0.841. The molecule has 2 aliphatic heterocycles. The van der Waals surface area contributed by atoms with E-state index in [1.165, 1.54) is 25.5 Å². The summed E-state index contributed by atoms with van der Waals surface area (Å²) in [6, 6.07) is 6.13. The lowest BCUT2D eigenvalue weighted by Crippen LogP contribution is -2.66. The van der Waals surface area contributed by atoms with Crippen LogP contribution in [0.4, 0.5) is 0 Å². The van der Waals surface area contributed by atoms with Crippen molar-refractivity contribution in [2.24, 2.45) is 0 Å². The maximum absolute atomic E-state index is 12.2. The summed E-state index contributed by atoms with van der Waals surface area (Å²) in [5.74, 6) is -3.13. The minimum atomic E-state index is -1.21. The average Bonchev–Trinajstić information content (AvgIpc) is 3.61. The van der Waals surface area contributed by atoms with Crippen LogP contribution in [0.25, 0.3) is 11.3 Å². The van der Waals surface area contributed by atoms with Crippen LogP contribution in [0.3, 0.4) is 0 Å². The first-order valence-corrected chi connectivity index (χ1v) is 14.9. The average molecular weight is 660 g/mol. The van der Waals surface area contributed by atoms with E-state index < -0.39 is 66.3 Å². The molecule has 1 N–H and O–H groups in total. The van der Waals surface area contributed by atoms with Crippen LogP contribution in [0.2, 0.25) is 0 Å². The Hall–Kier alpha value is -4.90. The van der Waals surface area contributed by atoms with Gasteiger partial charge in [0.05, 0.1) is 19.9 Å². The van der Waals surface area contributed by atoms with E-state index in [1.54, 1.807) is 31.5 Å². The molecule has 5 atom stereocenters. The molecular weight excluding hydrogens is 622 g/mol. The van der Waals surface area contributed by atoms with Gasteiger partial charge in [-0.25, -0.2) is 9.48 Å². The number of hydroxylamine groups is 2. The van der Waals surface area contributed by atoms with E-state index in [9.17, 15) is 28.8 Å². The quantitative estimate of drug-likeness (QED) is 0.170. The first kappa shape index (κ1) is 35.0. The van der Waals surface area contributed by atoms with Crippen LogP contribution in [0, 0.1) is 0 Å². The fourth-order valence-corrected chi connectivity index (χ4v) is 5.11. The molecule has 17 heteroatoms. The Kier molecular flexibility index (Phi) is 12.0. The first-order valence-electron chi connectivity index (χ1n) is 14.9. The zero-order chi connectivity index (χ0) is 34.1. The number of methoxy groups -OCH3 is 1. The molecule has 2 unspecified atom stereocenters. The van der Waals surface area contributed by atoms with Crippen LogP contribution in [0.15, 0.2) is 30.5 Å². The highest BCUT2D eigenvalue weighted by Crippen LogP contribution is 2.29. The van der Waals surface area contributed by atoms with E-state index in [2.05, 4.69) is 15.6 Å². The fourth-order valence-electron chi connectivity index (χ4n) is 5.11. The van der Waals surface area contributed by atoms with E-state index >= 15 is 0 Å². The van der Waals surface area contributed by atoms with Crippen molar-refractivity contribution in [1.29, 1.82) is 0 Å². The molecule has 0 aliphatic carbocycles. The molecular formula is C30H37N5O12. The van der Waals surface area contributed by atoms with Gasteiger partial charge in [0, 0.05) is 52.2 Å². The smallest absolute Gasteiger partial charge is 0.333 e. The normalized spacial score (nSPS) is 22.5. The van der Waals surface area contributed by atoms with E-state index in [0.717, 1.165) is 5.56 Å². The Morgan fingerprint density at radius 1 is 1.00 bits per heavy atom. The number of nitrogens with zero attached hydrogens (tertiary/aromatic N) is 4. The summed E-state index contributed by atoms with van der Waals surface area (Å²) >= 11 is 0. The molecule has 0 spiro atoms. The molecule has 254 valence electrons. The molecule has 2 saturated heterocycles. The number of ether oxygens (including phenoxy) is 5. The molecule has 17 nitrogen and oxygen atoms in total. The summed E-state index contributed by atoms with van der Waals surface area (Å²) in [7, 11) is 1.55. The second-order valence-electron chi connectivity index (χ2n) is 10.8. The van der Waals surface area contributed by atoms with Gasteiger partial charge in [0.1, 0.15) is 23.6 Å². The number of hydrogen-bond donors (Lipinski definition) is 1. The van der Waals surface area contributed by atoms with Crippen molar-refractivity contribution in [2.45, 2.75) is 90.1 Å². The Morgan fingerprint density at radius 2 is 1.70 bits per heavy atom. The lowest BCUT2D eigenvalue weighted by molar-refractivity contribution is -0.274. The van der Waals surface area contributed by atoms with Gasteiger partial charge < -0.3 is 33.8 Å². The maximum Gasteiger partial charge on any atom is 0.333 e. The van der Waals surface area contributed by atoms with Crippen LogP contribution in [-0.2, 0) is 59.1 Å². The monoisotopic (exact) mass is 659 g/mol. The van der Waals surface area contributed by atoms with Crippen molar-refractivity contribution < 1.29 is 57.3 Å². The topological polar surface area (TPSA) is 204 Å². The molecule has 0 bridgehead atoms. The zero-order valence-electron chi connectivity index (χ0n) is 26.4. The van der Waals surface area contributed by atoms with Crippen LogP contribution >= 0.6 is 0 Å². The molecule has 1 aromatic heterocycles. The van der Waals surface area contributed by atoms with Gasteiger partial charge in [-0.1, -0.05) is 17.3 Å². The van der Waals surface area contributed by atoms with Crippen molar-refractivity contribution in [3.63, 3.8) is 0 Å². The Labute approximate surface area is 269 Å². The lowest BCUT2D eigenvalue weighted by Gasteiger charge is -2.45. The number of hydrogen-bond acceptors (Lipinski definition) is 14.